The van der Waals surface area contributed by atoms with Gasteiger partial charge in [0.05, 0.1) is 0 Å². The van der Waals surface area contributed by atoms with Crippen LogP contribution in [0.3, 0.4) is 0 Å². The lowest BCUT2D eigenvalue weighted by Crippen LogP contribution is -2.32. The molecule has 0 aliphatic heterocycles. The van der Waals surface area contributed by atoms with Crippen LogP contribution in [0.5, 0.6) is 0 Å². The molecule has 1 unspecified atom stereocenters. The van der Waals surface area contributed by atoms with E-state index in [1.807, 2.05) is 6.92 Å². The van der Waals surface area contributed by atoms with Gasteiger partial charge in [-0.25, -0.2) is 4.79 Å². The molecule has 0 saturated heterocycles. The minimum absolute atomic E-state index is 0.0688. The van der Waals surface area contributed by atoms with Crippen LogP contribution in [0.15, 0.2) is 4.79 Å². The number of aryl methyl sites for hydroxylation is 1. The Bertz CT molecular complexity index is 586. The van der Waals surface area contributed by atoms with Crippen molar-refractivity contribution >= 4 is 5.97 Å². The fraction of sp³-hybridized carbons (Fsp3) is 0.688. The quantitative estimate of drug-likeness (QED) is 0.905. The number of nitrogens with zero attached hydrogens (tertiary/aromatic N) is 2. The number of aliphatic carboxylic acids is 1. The lowest BCUT2D eigenvalue weighted by Gasteiger charge is -2.25. The van der Waals surface area contributed by atoms with Crippen molar-refractivity contribution in [2.75, 3.05) is 0 Å². The molecule has 5 nitrogen and oxygen atoms in total. The van der Waals surface area contributed by atoms with Crippen LogP contribution < -0.4 is 5.69 Å². The van der Waals surface area contributed by atoms with Gasteiger partial charge in [0, 0.05) is 23.9 Å². The van der Waals surface area contributed by atoms with Crippen LogP contribution in [0.1, 0.15) is 62.0 Å². The summed E-state index contributed by atoms with van der Waals surface area (Å²) in [6.45, 7) is 5.79. The van der Waals surface area contributed by atoms with Crippen molar-refractivity contribution in [2.45, 2.75) is 65.3 Å². The van der Waals surface area contributed by atoms with E-state index in [4.69, 9.17) is 5.11 Å². The Morgan fingerprint density at radius 2 is 2.00 bits per heavy atom. The monoisotopic (exact) mass is 292 g/mol. The molecule has 1 fully saturated rings. The zero-order chi connectivity index (χ0) is 15.6. The van der Waals surface area contributed by atoms with E-state index in [2.05, 4.69) is 11.9 Å². The van der Waals surface area contributed by atoms with Gasteiger partial charge in [-0.3, -0.25) is 9.36 Å². The van der Waals surface area contributed by atoms with Gasteiger partial charge in [0.25, 0.3) is 0 Å². The summed E-state index contributed by atoms with van der Waals surface area (Å²) in [5, 5.41) is 8.87. The zero-order valence-corrected chi connectivity index (χ0v) is 13.1. The Kier molecular flexibility index (Phi) is 4.80. The van der Waals surface area contributed by atoms with Gasteiger partial charge in [0.15, 0.2) is 0 Å². The second-order valence-electron chi connectivity index (χ2n) is 6.09. The van der Waals surface area contributed by atoms with E-state index in [0.29, 0.717) is 18.0 Å². The molecular formula is C16H24N2O3. The summed E-state index contributed by atoms with van der Waals surface area (Å²) in [5.41, 5.74) is 2.24. The highest BCUT2D eigenvalue weighted by molar-refractivity contribution is 5.67. The number of rotatable bonds is 5. The van der Waals surface area contributed by atoms with Crippen LogP contribution in [0.4, 0.5) is 0 Å². The summed E-state index contributed by atoms with van der Waals surface area (Å²) in [6, 6.07) is 0.136. The third-order valence-electron chi connectivity index (χ3n) is 4.78. The van der Waals surface area contributed by atoms with Gasteiger partial charge in [0.1, 0.15) is 0 Å². The Morgan fingerprint density at radius 1 is 1.38 bits per heavy atom. The maximum atomic E-state index is 12.3. The minimum Gasteiger partial charge on any atom is -0.481 e. The second-order valence-corrected chi connectivity index (χ2v) is 6.09. The van der Waals surface area contributed by atoms with Gasteiger partial charge >= 0.3 is 11.7 Å². The summed E-state index contributed by atoms with van der Waals surface area (Å²) >= 11 is 0. The minimum atomic E-state index is -0.824. The standard InChI is InChI=1S/C16H24N2O3/c1-10-14(8-9-15(19)20)12(3)18(16(21)17-10)11(2)13-6-4-5-7-13/h11,13H,4-9H2,1-3H3,(H,19,20). The molecule has 1 saturated carbocycles. The topological polar surface area (TPSA) is 72.2 Å². The fourth-order valence-corrected chi connectivity index (χ4v) is 3.54. The summed E-state index contributed by atoms with van der Waals surface area (Å²) in [7, 11) is 0. The van der Waals surface area contributed by atoms with Gasteiger partial charge < -0.3 is 5.11 Å². The number of carboxylic acid groups (broad SMARTS) is 1. The molecule has 1 aromatic heterocycles. The smallest absolute Gasteiger partial charge is 0.348 e. The summed E-state index contributed by atoms with van der Waals surface area (Å²) in [4.78, 5) is 27.2. The van der Waals surface area contributed by atoms with Crippen molar-refractivity contribution in [3.63, 3.8) is 0 Å². The highest BCUT2D eigenvalue weighted by Crippen LogP contribution is 2.34. The summed E-state index contributed by atoms with van der Waals surface area (Å²) in [5.74, 6) is -0.298. The van der Waals surface area contributed by atoms with Crippen molar-refractivity contribution in [2.24, 2.45) is 5.92 Å². The Balaban J connectivity index is 2.38. The van der Waals surface area contributed by atoms with Crippen molar-refractivity contribution < 1.29 is 9.90 Å². The van der Waals surface area contributed by atoms with Crippen molar-refractivity contribution in [3.8, 4) is 0 Å². The van der Waals surface area contributed by atoms with E-state index in [1.54, 1.807) is 11.5 Å². The molecule has 1 atom stereocenters. The SMILES string of the molecule is Cc1nc(=O)n(C(C)C2CCCC2)c(C)c1CCC(=O)O. The molecule has 1 heterocycles. The van der Waals surface area contributed by atoms with Crippen molar-refractivity contribution in [3.05, 3.63) is 27.4 Å². The van der Waals surface area contributed by atoms with Crippen molar-refractivity contribution in [1.82, 2.24) is 9.55 Å². The maximum absolute atomic E-state index is 12.3. The van der Waals surface area contributed by atoms with Gasteiger partial charge in [-0.2, -0.15) is 4.98 Å². The Labute approximate surface area is 125 Å². The van der Waals surface area contributed by atoms with Gasteiger partial charge in [-0.15, -0.1) is 0 Å². The van der Waals surface area contributed by atoms with Crippen LogP contribution in [0, 0.1) is 19.8 Å². The van der Waals surface area contributed by atoms with Gasteiger partial charge in [0.2, 0.25) is 0 Å². The molecule has 5 heteroatoms. The highest BCUT2D eigenvalue weighted by atomic mass is 16.4. The van der Waals surface area contributed by atoms with Crippen LogP contribution in [0.2, 0.25) is 0 Å². The first-order chi connectivity index (χ1) is 9.91. The molecule has 2 rings (SSSR count). The zero-order valence-electron chi connectivity index (χ0n) is 13.1. The maximum Gasteiger partial charge on any atom is 0.348 e. The molecule has 0 amide bonds. The molecule has 0 spiro atoms. The number of carbonyl (C=O) groups is 1. The van der Waals surface area contributed by atoms with E-state index < -0.39 is 5.97 Å². The molecule has 116 valence electrons. The van der Waals surface area contributed by atoms with Gasteiger partial charge in [-0.05, 0) is 51.5 Å². The average molecular weight is 292 g/mol. The summed E-state index contributed by atoms with van der Waals surface area (Å²) < 4.78 is 1.78. The van der Waals surface area contributed by atoms with Crippen LogP contribution >= 0.6 is 0 Å². The first-order valence-electron chi connectivity index (χ1n) is 7.72. The molecule has 1 N–H and O–H groups in total. The average Bonchev–Trinajstić information content (AvgIpc) is 2.91. The second kappa shape index (κ2) is 6.41. The molecule has 1 aromatic rings. The third kappa shape index (κ3) is 3.34. The van der Waals surface area contributed by atoms with Crippen LogP contribution in [-0.4, -0.2) is 20.6 Å². The number of hydrogen-bond acceptors (Lipinski definition) is 3. The number of carboxylic acids is 1. The third-order valence-corrected chi connectivity index (χ3v) is 4.78. The number of hydrogen-bond donors (Lipinski definition) is 1. The molecule has 1 aliphatic carbocycles. The number of aromatic nitrogens is 2. The predicted octanol–water partition coefficient (Wildman–Crippen LogP) is 2.63. The van der Waals surface area contributed by atoms with Crippen molar-refractivity contribution in [1.29, 1.82) is 0 Å². The van der Waals surface area contributed by atoms with Crippen LogP contribution in [0.25, 0.3) is 0 Å². The molecule has 0 radical (unpaired) electrons. The van der Waals surface area contributed by atoms with E-state index in [-0.39, 0.29) is 18.2 Å². The molecule has 0 bridgehead atoms. The first-order valence-corrected chi connectivity index (χ1v) is 7.72. The van der Waals surface area contributed by atoms with Gasteiger partial charge in [-0.1, -0.05) is 12.8 Å². The highest BCUT2D eigenvalue weighted by Gasteiger charge is 2.26. The van der Waals surface area contributed by atoms with E-state index in [1.165, 1.54) is 12.8 Å². The molecule has 0 aromatic carbocycles. The molecule has 21 heavy (non-hydrogen) atoms. The van der Waals surface area contributed by atoms with E-state index >= 15 is 0 Å². The largest absolute Gasteiger partial charge is 0.481 e. The Hall–Kier alpha value is -1.65. The lowest BCUT2D eigenvalue weighted by atomic mass is 9.98. The Morgan fingerprint density at radius 3 is 2.57 bits per heavy atom. The normalized spacial score (nSPS) is 17.1. The predicted molar refractivity (Wildman–Crippen MR) is 80.6 cm³/mol. The van der Waals surface area contributed by atoms with E-state index in [0.717, 1.165) is 24.1 Å². The molecule has 1 aliphatic rings. The summed E-state index contributed by atoms with van der Waals surface area (Å²) in [6.07, 6.45) is 5.27. The molecular weight excluding hydrogens is 268 g/mol. The fourth-order valence-electron chi connectivity index (χ4n) is 3.54. The van der Waals surface area contributed by atoms with E-state index in [9.17, 15) is 9.59 Å². The lowest BCUT2D eigenvalue weighted by molar-refractivity contribution is -0.136. The van der Waals surface area contributed by atoms with Crippen LogP contribution in [-0.2, 0) is 11.2 Å². The first kappa shape index (κ1) is 15.7.